The minimum absolute atomic E-state index is 0.768. The lowest BCUT2D eigenvalue weighted by Crippen LogP contribution is -2.00. The number of benzene rings is 1. The molecule has 0 fully saturated rings. The van der Waals surface area contributed by atoms with Crippen LogP contribution in [0.2, 0.25) is 0 Å². The van der Waals surface area contributed by atoms with Gasteiger partial charge in [-0.15, -0.1) is 0 Å². The van der Waals surface area contributed by atoms with Crippen LogP contribution in [0.25, 0.3) is 0 Å². The van der Waals surface area contributed by atoms with Crippen molar-refractivity contribution in [1.29, 1.82) is 0 Å². The molecule has 2 nitrogen and oxygen atoms in total. The van der Waals surface area contributed by atoms with Crippen LogP contribution in [-0.2, 0) is 0 Å². The summed E-state index contributed by atoms with van der Waals surface area (Å²) in [4.78, 5) is 0. The molecule has 0 aliphatic rings. The van der Waals surface area contributed by atoms with Crippen LogP contribution < -0.4 is 10.5 Å². The van der Waals surface area contributed by atoms with Crippen molar-refractivity contribution in [2.45, 2.75) is 27.2 Å². The molecular formula is C11H17NO. The normalized spacial score (nSPS) is 10.1. The van der Waals surface area contributed by atoms with Crippen LogP contribution in [0, 0.1) is 13.8 Å². The number of anilines is 1. The summed E-state index contributed by atoms with van der Waals surface area (Å²) in [6.07, 6.45) is 1.03. The number of ether oxygens (including phenoxy) is 1. The summed E-state index contributed by atoms with van der Waals surface area (Å²) in [5.74, 6) is 0.952. The molecular weight excluding hydrogens is 162 g/mol. The Hall–Kier alpha value is -1.18. The van der Waals surface area contributed by atoms with Gasteiger partial charge in [0.05, 0.1) is 6.61 Å². The van der Waals surface area contributed by atoms with Crippen LogP contribution in [0.5, 0.6) is 5.75 Å². The van der Waals surface area contributed by atoms with E-state index in [1.54, 1.807) is 0 Å². The van der Waals surface area contributed by atoms with Gasteiger partial charge >= 0.3 is 0 Å². The maximum absolute atomic E-state index is 5.76. The highest BCUT2D eigenvalue weighted by Gasteiger charge is 2.03. The van der Waals surface area contributed by atoms with E-state index >= 15 is 0 Å². The Morgan fingerprint density at radius 2 is 1.92 bits per heavy atom. The van der Waals surface area contributed by atoms with Crippen molar-refractivity contribution in [2.75, 3.05) is 12.3 Å². The molecule has 72 valence electrons. The van der Waals surface area contributed by atoms with Crippen molar-refractivity contribution in [2.24, 2.45) is 0 Å². The molecule has 2 heteroatoms. The minimum Gasteiger partial charge on any atom is -0.493 e. The van der Waals surface area contributed by atoms with Gasteiger partial charge in [0.15, 0.2) is 0 Å². The van der Waals surface area contributed by atoms with E-state index in [1.165, 1.54) is 0 Å². The first-order chi connectivity index (χ1) is 6.16. The Balaban J connectivity index is 2.90. The predicted octanol–water partition coefficient (Wildman–Crippen LogP) is 2.67. The highest BCUT2D eigenvalue weighted by atomic mass is 16.5. The summed E-state index contributed by atoms with van der Waals surface area (Å²) in [5, 5.41) is 0. The fourth-order valence-electron chi connectivity index (χ4n) is 1.19. The number of hydrogen-bond acceptors (Lipinski definition) is 2. The molecule has 1 aromatic carbocycles. The lowest BCUT2D eigenvalue weighted by molar-refractivity contribution is 0.315. The Morgan fingerprint density at radius 1 is 1.23 bits per heavy atom. The van der Waals surface area contributed by atoms with Crippen LogP contribution in [0.4, 0.5) is 5.69 Å². The van der Waals surface area contributed by atoms with Crippen LogP contribution >= 0.6 is 0 Å². The molecule has 13 heavy (non-hydrogen) atoms. The third kappa shape index (κ3) is 2.14. The largest absolute Gasteiger partial charge is 0.493 e. The van der Waals surface area contributed by atoms with Gasteiger partial charge in [-0.25, -0.2) is 0 Å². The molecule has 1 rings (SSSR count). The van der Waals surface area contributed by atoms with Crippen molar-refractivity contribution in [3.8, 4) is 5.75 Å². The average Bonchev–Trinajstić information content (AvgIpc) is 2.13. The maximum atomic E-state index is 5.76. The first-order valence-electron chi connectivity index (χ1n) is 4.65. The minimum atomic E-state index is 0.768. The molecule has 0 bridgehead atoms. The van der Waals surface area contributed by atoms with Gasteiger partial charge in [-0.2, -0.15) is 0 Å². The predicted molar refractivity (Wildman–Crippen MR) is 56.1 cm³/mol. The number of rotatable bonds is 3. The zero-order valence-electron chi connectivity index (χ0n) is 8.55. The summed E-state index contributed by atoms with van der Waals surface area (Å²) >= 11 is 0. The van der Waals surface area contributed by atoms with Gasteiger partial charge in [0.25, 0.3) is 0 Å². The first kappa shape index (κ1) is 9.90. The number of nitrogens with two attached hydrogens (primary N) is 1. The van der Waals surface area contributed by atoms with Crippen molar-refractivity contribution in [1.82, 2.24) is 0 Å². The molecule has 0 amide bonds. The average molecular weight is 179 g/mol. The highest BCUT2D eigenvalue weighted by Crippen LogP contribution is 2.25. The second-order valence-corrected chi connectivity index (χ2v) is 3.25. The lowest BCUT2D eigenvalue weighted by atomic mass is 10.1. The summed E-state index contributed by atoms with van der Waals surface area (Å²) in [6.45, 7) is 6.92. The molecule has 0 spiro atoms. The van der Waals surface area contributed by atoms with E-state index in [9.17, 15) is 0 Å². The molecule has 0 radical (unpaired) electrons. The smallest absolute Gasteiger partial charge is 0.122 e. The van der Waals surface area contributed by atoms with Gasteiger partial charge in [0.1, 0.15) is 5.75 Å². The topological polar surface area (TPSA) is 35.2 Å². The molecule has 1 aromatic rings. The molecule has 2 N–H and O–H groups in total. The van der Waals surface area contributed by atoms with E-state index in [-0.39, 0.29) is 0 Å². The highest BCUT2D eigenvalue weighted by molar-refractivity contribution is 5.55. The maximum Gasteiger partial charge on any atom is 0.122 e. The Bertz CT molecular complexity index is 294. The van der Waals surface area contributed by atoms with E-state index in [2.05, 4.69) is 6.92 Å². The summed E-state index contributed by atoms with van der Waals surface area (Å²) < 4.78 is 5.57. The molecule has 0 saturated carbocycles. The second-order valence-electron chi connectivity index (χ2n) is 3.25. The van der Waals surface area contributed by atoms with Crippen LogP contribution in [0.15, 0.2) is 12.1 Å². The fourth-order valence-corrected chi connectivity index (χ4v) is 1.19. The standard InChI is InChI=1S/C11H17NO/c1-4-7-13-11-6-5-10(12)8(2)9(11)3/h5-6H,4,7,12H2,1-3H3. The van der Waals surface area contributed by atoms with Crippen LogP contribution in [0.3, 0.4) is 0 Å². The molecule has 0 heterocycles. The van der Waals surface area contributed by atoms with Crippen molar-refractivity contribution in [3.05, 3.63) is 23.3 Å². The quantitative estimate of drug-likeness (QED) is 0.724. The summed E-state index contributed by atoms with van der Waals surface area (Å²) in [6, 6.07) is 3.83. The lowest BCUT2D eigenvalue weighted by Gasteiger charge is -2.11. The van der Waals surface area contributed by atoms with E-state index < -0.39 is 0 Å². The van der Waals surface area contributed by atoms with E-state index in [0.717, 1.165) is 35.6 Å². The third-order valence-electron chi connectivity index (χ3n) is 2.24. The molecule has 0 atom stereocenters. The molecule has 0 unspecified atom stereocenters. The second kappa shape index (κ2) is 4.17. The van der Waals surface area contributed by atoms with E-state index in [4.69, 9.17) is 10.5 Å². The van der Waals surface area contributed by atoms with Gasteiger partial charge in [0.2, 0.25) is 0 Å². The van der Waals surface area contributed by atoms with Crippen molar-refractivity contribution >= 4 is 5.69 Å². The molecule has 0 saturated heterocycles. The van der Waals surface area contributed by atoms with Gasteiger partial charge in [-0.05, 0) is 43.5 Å². The van der Waals surface area contributed by atoms with Crippen molar-refractivity contribution in [3.63, 3.8) is 0 Å². The summed E-state index contributed by atoms with van der Waals surface area (Å²) in [5.41, 5.74) is 8.86. The van der Waals surface area contributed by atoms with Crippen molar-refractivity contribution < 1.29 is 4.74 Å². The third-order valence-corrected chi connectivity index (χ3v) is 2.24. The fraction of sp³-hybridized carbons (Fsp3) is 0.455. The molecule has 0 aliphatic heterocycles. The zero-order chi connectivity index (χ0) is 9.84. The van der Waals surface area contributed by atoms with Gasteiger partial charge in [0, 0.05) is 5.69 Å². The Kier molecular flexibility index (Phi) is 3.18. The van der Waals surface area contributed by atoms with E-state index in [0.29, 0.717) is 0 Å². The molecule has 0 aliphatic carbocycles. The van der Waals surface area contributed by atoms with Crippen LogP contribution in [0.1, 0.15) is 24.5 Å². The van der Waals surface area contributed by atoms with Crippen LogP contribution in [-0.4, -0.2) is 6.61 Å². The SMILES string of the molecule is CCCOc1ccc(N)c(C)c1C. The van der Waals surface area contributed by atoms with Gasteiger partial charge in [-0.3, -0.25) is 0 Å². The van der Waals surface area contributed by atoms with Gasteiger partial charge < -0.3 is 10.5 Å². The zero-order valence-corrected chi connectivity index (χ0v) is 8.55. The number of nitrogen functional groups attached to an aromatic ring is 1. The first-order valence-corrected chi connectivity index (χ1v) is 4.65. The number of hydrogen-bond donors (Lipinski definition) is 1. The molecule has 0 aromatic heterocycles. The van der Waals surface area contributed by atoms with E-state index in [1.807, 2.05) is 26.0 Å². The Morgan fingerprint density at radius 3 is 2.54 bits per heavy atom. The van der Waals surface area contributed by atoms with Gasteiger partial charge in [-0.1, -0.05) is 6.92 Å². The summed E-state index contributed by atoms with van der Waals surface area (Å²) in [7, 11) is 0. The Labute approximate surface area is 79.7 Å². The monoisotopic (exact) mass is 179 g/mol.